The summed E-state index contributed by atoms with van der Waals surface area (Å²) >= 11 is 0. The van der Waals surface area contributed by atoms with Gasteiger partial charge in [0.05, 0.1) is 5.69 Å². The van der Waals surface area contributed by atoms with Gasteiger partial charge in [-0.05, 0) is 27.7 Å². The van der Waals surface area contributed by atoms with Crippen LogP contribution in [0.25, 0.3) is 0 Å². The lowest BCUT2D eigenvalue weighted by molar-refractivity contribution is -0.137. The SMILES string of the molecule is CCn1cc(C)c2c1C(C)(C)C(=O)O2. The quantitative estimate of drug-likeness (QED) is 0.639. The van der Waals surface area contributed by atoms with Crippen LogP contribution in [-0.4, -0.2) is 10.5 Å². The first kappa shape index (κ1) is 9.31. The fourth-order valence-corrected chi connectivity index (χ4v) is 2.01. The van der Waals surface area contributed by atoms with Gasteiger partial charge in [-0.25, -0.2) is 0 Å². The molecule has 0 atom stereocenters. The molecule has 1 aliphatic heterocycles. The highest BCUT2D eigenvalue weighted by Gasteiger charge is 2.44. The molecule has 14 heavy (non-hydrogen) atoms. The van der Waals surface area contributed by atoms with Gasteiger partial charge in [-0.3, -0.25) is 4.79 Å². The van der Waals surface area contributed by atoms with E-state index < -0.39 is 5.41 Å². The Morgan fingerprint density at radius 3 is 2.71 bits per heavy atom. The predicted molar refractivity (Wildman–Crippen MR) is 53.5 cm³/mol. The molecule has 0 bridgehead atoms. The number of fused-ring (bicyclic) bond motifs is 1. The van der Waals surface area contributed by atoms with Crippen molar-refractivity contribution < 1.29 is 9.53 Å². The second kappa shape index (κ2) is 2.62. The Kier molecular flexibility index (Phi) is 1.74. The summed E-state index contributed by atoms with van der Waals surface area (Å²) in [6, 6.07) is 0. The number of aryl methyl sites for hydroxylation is 2. The molecule has 0 saturated heterocycles. The highest BCUT2D eigenvalue weighted by Crippen LogP contribution is 2.42. The Morgan fingerprint density at radius 1 is 1.50 bits per heavy atom. The second-order valence-corrected chi connectivity index (χ2v) is 4.29. The molecule has 1 aromatic rings. The molecule has 76 valence electrons. The average molecular weight is 193 g/mol. The molecular weight excluding hydrogens is 178 g/mol. The van der Waals surface area contributed by atoms with E-state index in [2.05, 4.69) is 11.5 Å². The van der Waals surface area contributed by atoms with Gasteiger partial charge in [0, 0.05) is 18.3 Å². The molecule has 0 radical (unpaired) electrons. The number of hydrogen-bond acceptors (Lipinski definition) is 2. The van der Waals surface area contributed by atoms with Crippen LogP contribution in [0.2, 0.25) is 0 Å². The van der Waals surface area contributed by atoms with Crippen LogP contribution < -0.4 is 4.74 Å². The van der Waals surface area contributed by atoms with E-state index in [1.165, 1.54) is 0 Å². The Bertz CT molecular complexity index is 402. The molecule has 0 N–H and O–H groups in total. The number of carbonyl (C=O) groups excluding carboxylic acids is 1. The lowest BCUT2D eigenvalue weighted by Gasteiger charge is -2.15. The van der Waals surface area contributed by atoms with Crippen molar-refractivity contribution in [1.82, 2.24) is 4.57 Å². The molecular formula is C11H15NO2. The van der Waals surface area contributed by atoms with E-state index in [0.717, 1.165) is 23.6 Å². The van der Waals surface area contributed by atoms with Crippen LogP contribution in [-0.2, 0) is 16.8 Å². The third-order valence-corrected chi connectivity index (χ3v) is 2.85. The van der Waals surface area contributed by atoms with Crippen molar-refractivity contribution in [2.24, 2.45) is 0 Å². The lowest BCUT2D eigenvalue weighted by atomic mass is 9.91. The lowest BCUT2D eigenvalue weighted by Crippen LogP contribution is -2.28. The topological polar surface area (TPSA) is 31.2 Å². The van der Waals surface area contributed by atoms with Gasteiger partial charge < -0.3 is 9.30 Å². The van der Waals surface area contributed by atoms with Gasteiger partial charge in [-0.1, -0.05) is 0 Å². The normalized spacial score (nSPS) is 18.1. The summed E-state index contributed by atoms with van der Waals surface area (Å²) in [6.45, 7) is 8.73. The van der Waals surface area contributed by atoms with E-state index in [-0.39, 0.29) is 5.97 Å². The second-order valence-electron chi connectivity index (χ2n) is 4.29. The van der Waals surface area contributed by atoms with Crippen LogP contribution in [0.3, 0.4) is 0 Å². The summed E-state index contributed by atoms with van der Waals surface area (Å²) in [7, 11) is 0. The standard InChI is InChI=1S/C11H15NO2/c1-5-12-6-7(2)8-9(12)11(3,4)10(13)14-8/h6H,5H2,1-4H3. The van der Waals surface area contributed by atoms with Crippen LogP contribution in [0.5, 0.6) is 5.75 Å². The first-order valence-corrected chi connectivity index (χ1v) is 4.91. The van der Waals surface area contributed by atoms with E-state index in [9.17, 15) is 4.79 Å². The fraction of sp³-hybridized carbons (Fsp3) is 0.545. The molecule has 2 heterocycles. The fourth-order valence-electron chi connectivity index (χ4n) is 2.01. The number of rotatable bonds is 1. The van der Waals surface area contributed by atoms with Crippen molar-refractivity contribution in [2.45, 2.75) is 39.7 Å². The van der Waals surface area contributed by atoms with Crippen molar-refractivity contribution in [3.63, 3.8) is 0 Å². The Hall–Kier alpha value is -1.25. The molecule has 0 amide bonds. The van der Waals surface area contributed by atoms with E-state index in [0.29, 0.717) is 0 Å². The summed E-state index contributed by atoms with van der Waals surface area (Å²) in [5.74, 6) is 0.621. The van der Waals surface area contributed by atoms with E-state index in [1.54, 1.807) is 0 Å². The van der Waals surface area contributed by atoms with Crippen molar-refractivity contribution in [3.8, 4) is 5.75 Å². The summed E-state index contributed by atoms with van der Waals surface area (Å²) < 4.78 is 7.37. The zero-order valence-corrected chi connectivity index (χ0v) is 9.05. The molecule has 0 saturated carbocycles. The Balaban J connectivity index is 2.67. The van der Waals surface area contributed by atoms with Gasteiger partial charge >= 0.3 is 5.97 Å². The number of ether oxygens (including phenoxy) is 1. The number of hydrogen-bond donors (Lipinski definition) is 0. The van der Waals surface area contributed by atoms with Crippen LogP contribution in [0.15, 0.2) is 6.20 Å². The third kappa shape index (κ3) is 0.953. The van der Waals surface area contributed by atoms with E-state index in [4.69, 9.17) is 4.74 Å². The molecule has 0 aromatic carbocycles. The molecule has 1 aliphatic rings. The molecule has 0 unspecified atom stereocenters. The van der Waals surface area contributed by atoms with Gasteiger partial charge in [0.25, 0.3) is 0 Å². The first-order valence-electron chi connectivity index (χ1n) is 4.91. The van der Waals surface area contributed by atoms with Gasteiger partial charge in [0.1, 0.15) is 5.41 Å². The van der Waals surface area contributed by atoms with Crippen molar-refractivity contribution in [1.29, 1.82) is 0 Å². The smallest absolute Gasteiger partial charge is 0.323 e. The number of nitrogens with zero attached hydrogens (tertiary/aromatic N) is 1. The Labute approximate surface area is 83.7 Å². The summed E-state index contributed by atoms with van der Waals surface area (Å²) in [6.07, 6.45) is 2.04. The van der Waals surface area contributed by atoms with Gasteiger partial charge in [0.15, 0.2) is 5.75 Å². The number of carbonyl (C=O) groups is 1. The molecule has 0 spiro atoms. The number of esters is 1. The maximum Gasteiger partial charge on any atom is 0.323 e. The summed E-state index contributed by atoms with van der Waals surface area (Å²) in [4.78, 5) is 11.6. The van der Waals surface area contributed by atoms with Crippen LogP contribution in [0.1, 0.15) is 32.0 Å². The minimum atomic E-state index is -0.500. The van der Waals surface area contributed by atoms with Crippen LogP contribution in [0.4, 0.5) is 0 Å². The zero-order chi connectivity index (χ0) is 10.5. The van der Waals surface area contributed by atoms with Crippen molar-refractivity contribution in [3.05, 3.63) is 17.5 Å². The molecule has 3 heteroatoms. The molecule has 0 aliphatic carbocycles. The van der Waals surface area contributed by atoms with Gasteiger partial charge in [-0.2, -0.15) is 0 Å². The van der Waals surface area contributed by atoms with Gasteiger partial charge in [0.2, 0.25) is 0 Å². The average Bonchev–Trinajstić information content (AvgIpc) is 2.53. The maximum absolute atomic E-state index is 11.6. The van der Waals surface area contributed by atoms with E-state index >= 15 is 0 Å². The largest absolute Gasteiger partial charge is 0.424 e. The minimum absolute atomic E-state index is 0.145. The van der Waals surface area contributed by atoms with Crippen molar-refractivity contribution >= 4 is 5.97 Å². The third-order valence-electron chi connectivity index (χ3n) is 2.85. The first-order chi connectivity index (χ1) is 6.48. The maximum atomic E-state index is 11.6. The van der Waals surface area contributed by atoms with Crippen molar-refractivity contribution in [2.75, 3.05) is 0 Å². The minimum Gasteiger partial charge on any atom is -0.424 e. The molecule has 2 rings (SSSR count). The molecule has 3 nitrogen and oxygen atoms in total. The zero-order valence-electron chi connectivity index (χ0n) is 9.05. The summed E-state index contributed by atoms with van der Waals surface area (Å²) in [5.41, 5.74) is 1.56. The van der Waals surface area contributed by atoms with Crippen LogP contribution in [0, 0.1) is 6.92 Å². The summed E-state index contributed by atoms with van der Waals surface area (Å²) in [5, 5.41) is 0. The molecule has 1 aromatic heterocycles. The van der Waals surface area contributed by atoms with E-state index in [1.807, 2.05) is 27.0 Å². The monoisotopic (exact) mass is 193 g/mol. The Morgan fingerprint density at radius 2 is 2.14 bits per heavy atom. The van der Waals surface area contributed by atoms with Gasteiger partial charge in [-0.15, -0.1) is 0 Å². The van der Waals surface area contributed by atoms with Crippen LogP contribution >= 0.6 is 0 Å². The molecule has 0 fully saturated rings. The highest BCUT2D eigenvalue weighted by molar-refractivity contribution is 5.89. The predicted octanol–water partition coefficient (Wildman–Crippen LogP) is 2.01. The number of aromatic nitrogens is 1. The highest BCUT2D eigenvalue weighted by atomic mass is 16.5.